The molecule has 0 radical (unpaired) electrons. The molecular weight excluding hydrogens is 572 g/mol. The second-order valence-corrected chi connectivity index (χ2v) is 11.6. The van der Waals surface area contributed by atoms with Gasteiger partial charge < -0.3 is 4.42 Å². The molecule has 0 spiro atoms. The van der Waals surface area contributed by atoms with E-state index in [9.17, 15) is 5.26 Å². The summed E-state index contributed by atoms with van der Waals surface area (Å²) in [6.45, 7) is 12.0. The minimum atomic E-state index is 0.532. The molecule has 47 heavy (non-hydrogen) atoms. The Kier molecular flexibility index (Phi) is 7.70. The van der Waals surface area contributed by atoms with Crippen LogP contribution in [-0.2, 0) is 0 Å². The molecule has 2 heterocycles. The third-order valence-electron chi connectivity index (χ3n) is 8.83. The Morgan fingerprint density at radius 3 is 2.19 bits per heavy atom. The molecule has 0 amide bonds. The molecule has 0 saturated heterocycles. The van der Waals surface area contributed by atoms with E-state index in [1.807, 2.05) is 42.5 Å². The first-order valence-electron chi connectivity index (χ1n) is 15.6. The molecule has 0 unspecified atom stereocenters. The van der Waals surface area contributed by atoms with Crippen molar-refractivity contribution >= 4 is 55.1 Å². The fourth-order valence-corrected chi connectivity index (χ4v) is 6.54. The minimum absolute atomic E-state index is 0.532. The maximum Gasteiger partial charge on any atom is 0.153 e. The normalized spacial score (nSPS) is 12.1. The molecule has 3 heteroatoms. The molecule has 2 aromatic heterocycles. The molecule has 0 aliphatic carbocycles. The van der Waals surface area contributed by atoms with Gasteiger partial charge in [-0.1, -0.05) is 116 Å². The average Bonchev–Trinajstić information content (AvgIpc) is 3.50. The van der Waals surface area contributed by atoms with Gasteiger partial charge in [-0.15, -0.1) is 0 Å². The second-order valence-electron chi connectivity index (χ2n) is 11.6. The number of allylic oxidation sites excluding steroid dienone is 7. The molecule has 7 rings (SSSR count). The van der Waals surface area contributed by atoms with Gasteiger partial charge >= 0.3 is 0 Å². The van der Waals surface area contributed by atoms with Gasteiger partial charge in [0.05, 0.1) is 17.0 Å². The molecule has 7 aromatic rings. The van der Waals surface area contributed by atoms with Crippen molar-refractivity contribution in [3.63, 3.8) is 0 Å². The van der Waals surface area contributed by atoms with Crippen LogP contribution in [0.25, 0.3) is 77.5 Å². The first kappa shape index (κ1) is 29.5. The Balaban J connectivity index is 1.53. The summed E-state index contributed by atoms with van der Waals surface area (Å²) >= 11 is 0. The van der Waals surface area contributed by atoms with Gasteiger partial charge in [0.25, 0.3) is 0 Å². The largest absolute Gasteiger partial charge is 0.454 e. The molecule has 5 aromatic carbocycles. The Bertz CT molecular complexity index is 2530. The summed E-state index contributed by atoms with van der Waals surface area (Å²) < 4.78 is 6.50. The highest BCUT2D eigenvalue weighted by atomic mass is 16.3. The summed E-state index contributed by atoms with van der Waals surface area (Å²) in [5.41, 5.74) is 10.2. The van der Waals surface area contributed by atoms with Crippen molar-refractivity contribution in [1.82, 2.24) is 4.98 Å². The molecule has 0 saturated carbocycles. The van der Waals surface area contributed by atoms with E-state index in [4.69, 9.17) is 9.40 Å². The van der Waals surface area contributed by atoms with Crippen molar-refractivity contribution in [3.05, 3.63) is 163 Å². The van der Waals surface area contributed by atoms with Crippen LogP contribution in [0.4, 0.5) is 0 Å². The predicted molar refractivity (Wildman–Crippen MR) is 199 cm³/mol. The number of nitriles is 1. The maximum atomic E-state index is 9.78. The van der Waals surface area contributed by atoms with E-state index in [-0.39, 0.29) is 0 Å². The van der Waals surface area contributed by atoms with Crippen LogP contribution in [-0.4, -0.2) is 4.98 Å². The van der Waals surface area contributed by atoms with E-state index >= 15 is 0 Å². The summed E-state index contributed by atoms with van der Waals surface area (Å²) in [6.07, 6.45) is 13.7. The van der Waals surface area contributed by atoms with E-state index in [1.54, 1.807) is 12.1 Å². The Labute approximate surface area is 274 Å². The summed E-state index contributed by atoms with van der Waals surface area (Å²) in [5, 5.41) is 16.3. The zero-order valence-electron chi connectivity index (χ0n) is 26.4. The highest BCUT2D eigenvalue weighted by Gasteiger charge is 2.20. The third kappa shape index (κ3) is 5.07. The SMILES string of the molecule is C=C/C=C\C=C(/C)c1cccc(-c2cc3c(/C=C\C=C)c(C)c(-c4cccc5c4oc4c(C#N)cccc45)cc3c3ccccc23)n1. The molecule has 0 fully saturated rings. The molecule has 0 aliphatic rings. The van der Waals surface area contributed by atoms with Crippen LogP contribution in [0.3, 0.4) is 0 Å². The van der Waals surface area contributed by atoms with Crippen LogP contribution < -0.4 is 0 Å². The van der Waals surface area contributed by atoms with Crippen molar-refractivity contribution in [2.24, 2.45) is 0 Å². The number of hydrogen-bond acceptors (Lipinski definition) is 3. The highest BCUT2D eigenvalue weighted by molar-refractivity contribution is 6.18. The number of nitrogens with zero attached hydrogens (tertiary/aromatic N) is 2. The quantitative estimate of drug-likeness (QED) is 0.134. The monoisotopic (exact) mass is 604 g/mol. The zero-order valence-corrected chi connectivity index (χ0v) is 26.4. The van der Waals surface area contributed by atoms with E-state index in [0.29, 0.717) is 11.1 Å². The lowest BCUT2D eigenvalue weighted by Crippen LogP contribution is -1.95. The first-order valence-corrected chi connectivity index (χ1v) is 15.6. The molecule has 0 N–H and O–H groups in total. The highest BCUT2D eigenvalue weighted by Crippen LogP contribution is 2.43. The van der Waals surface area contributed by atoms with Crippen molar-refractivity contribution in [3.8, 4) is 28.5 Å². The van der Waals surface area contributed by atoms with Crippen LogP contribution in [0.2, 0.25) is 0 Å². The van der Waals surface area contributed by atoms with Crippen molar-refractivity contribution in [2.45, 2.75) is 13.8 Å². The van der Waals surface area contributed by atoms with Crippen molar-refractivity contribution in [1.29, 1.82) is 5.26 Å². The summed E-state index contributed by atoms with van der Waals surface area (Å²) in [6, 6.07) is 33.6. The molecule has 3 nitrogen and oxygen atoms in total. The first-order chi connectivity index (χ1) is 23.0. The van der Waals surface area contributed by atoms with E-state index < -0.39 is 0 Å². The number of fused-ring (bicyclic) bond motifs is 6. The third-order valence-corrected chi connectivity index (χ3v) is 8.83. The van der Waals surface area contributed by atoms with Crippen LogP contribution >= 0.6 is 0 Å². The second kappa shape index (κ2) is 12.3. The summed E-state index contributed by atoms with van der Waals surface area (Å²) in [5.74, 6) is 0. The van der Waals surface area contributed by atoms with Gasteiger partial charge in [-0.2, -0.15) is 5.26 Å². The van der Waals surface area contributed by atoms with E-state index in [2.05, 4.69) is 112 Å². The number of para-hydroxylation sites is 2. The maximum absolute atomic E-state index is 9.78. The summed E-state index contributed by atoms with van der Waals surface area (Å²) in [4.78, 5) is 5.13. The molecule has 224 valence electrons. The van der Waals surface area contributed by atoms with Crippen LogP contribution in [0.1, 0.15) is 29.3 Å². The average molecular weight is 605 g/mol. The van der Waals surface area contributed by atoms with Crippen LogP contribution in [0.15, 0.2) is 145 Å². The standard InChI is InChI=1S/C44H32N2O/c1-5-7-9-15-28(3)41-23-14-24-42(46-41)40-26-38-31(17-8-6-2)29(4)37(25-39(38)32-18-10-11-19-33(32)40)36-22-13-21-35-34-20-12-16-30(27-45)43(34)47-44(35)36/h5-26H,1-2H2,3-4H3/b9-7-,17-8-,28-15+. The number of hydrogen-bond donors (Lipinski definition) is 0. The van der Waals surface area contributed by atoms with Gasteiger partial charge in [-0.05, 0) is 88.0 Å². The lowest BCUT2D eigenvalue weighted by molar-refractivity contribution is 0.668. The number of aromatic nitrogens is 1. The number of benzene rings is 5. The smallest absolute Gasteiger partial charge is 0.153 e. The number of rotatable bonds is 7. The predicted octanol–water partition coefficient (Wildman–Crippen LogP) is 12.1. The fourth-order valence-electron chi connectivity index (χ4n) is 6.54. The lowest BCUT2D eigenvalue weighted by Gasteiger charge is -2.18. The Morgan fingerprint density at radius 2 is 1.40 bits per heavy atom. The van der Waals surface area contributed by atoms with Crippen molar-refractivity contribution in [2.75, 3.05) is 0 Å². The number of furan rings is 1. The Hall–Kier alpha value is -6.24. The topological polar surface area (TPSA) is 49.8 Å². The van der Waals surface area contributed by atoms with Gasteiger partial charge in [0.2, 0.25) is 0 Å². The Morgan fingerprint density at radius 1 is 0.702 bits per heavy atom. The lowest BCUT2D eigenvalue weighted by atomic mass is 9.86. The van der Waals surface area contributed by atoms with Gasteiger partial charge in [0.15, 0.2) is 5.58 Å². The van der Waals surface area contributed by atoms with E-state index in [0.717, 1.165) is 82.7 Å². The minimum Gasteiger partial charge on any atom is -0.454 e. The molecule has 0 bridgehead atoms. The van der Waals surface area contributed by atoms with Gasteiger partial charge in [0, 0.05) is 21.9 Å². The van der Waals surface area contributed by atoms with Crippen molar-refractivity contribution < 1.29 is 4.42 Å². The van der Waals surface area contributed by atoms with Crippen LogP contribution in [0, 0.1) is 18.3 Å². The van der Waals surface area contributed by atoms with Crippen LogP contribution in [0.5, 0.6) is 0 Å². The van der Waals surface area contributed by atoms with Gasteiger partial charge in [-0.25, -0.2) is 4.98 Å². The van der Waals surface area contributed by atoms with Gasteiger partial charge in [-0.3, -0.25) is 0 Å². The fraction of sp³-hybridized carbons (Fsp3) is 0.0455. The molecule has 0 atom stereocenters. The number of pyridine rings is 1. The zero-order chi connectivity index (χ0) is 32.5. The molecule has 0 aliphatic heterocycles. The molecular formula is C44H32N2O. The van der Waals surface area contributed by atoms with E-state index in [1.165, 1.54) is 0 Å². The van der Waals surface area contributed by atoms with Gasteiger partial charge in [0.1, 0.15) is 11.7 Å². The summed E-state index contributed by atoms with van der Waals surface area (Å²) in [7, 11) is 0.